The van der Waals surface area contributed by atoms with E-state index in [1.165, 1.54) is 0 Å². The highest BCUT2D eigenvalue weighted by molar-refractivity contribution is 6.34. The third-order valence-corrected chi connectivity index (χ3v) is 3.90. The SMILES string of the molecule is CC(NC(=O)COc1cc(Cl)ccc1Cl)c1nnc2ccccn12. The van der Waals surface area contributed by atoms with Crippen molar-refractivity contribution >= 4 is 34.8 Å². The zero-order valence-corrected chi connectivity index (χ0v) is 14.3. The first-order valence-corrected chi connectivity index (χ1v) is 7.97. The minimum Gasteiger partial charge on any atom is -0.482 e. The van der Waals surface area contributed by atoms with Gasteiger partial charge in [0.2, 0.25) is 0 Å². The van der Waals surface area contributed by atoms with E-state index < -0.39 is 0 Å². The summed E-state index contributed by atoms with van der Waals surface area (Å²) in [6.45, 7) is 1.65. The number of ether oxygens (including phenoxy) is 1. The topological polar surface area (TPSA) is 68.5 Å². The van der Waals surface area contributed by atoms with E-state index in [0.717, 1.165) is 5.65 Å². The van der Waals surface area contributed by atoms with Crippen LogP contribution in [0.4, 0.5) is 0 Å². The second-order valence-electron chi connectivity index (χ2n) is 5.14. The van der Waals surface area contributed by atoms with Crippen LogP contribution in [0.1, 0.15) is 18.8 Å². The Morgan fingerprint density at radius 1 is 1.29 bits per heavy atom. The van der Waals surface area contributed by atoms with Crippen LogP contribution in [-0.2, 0) is 4.79 Å². The normalized spacial score (nSPS) is 12.1. The maximum Gasteiger partial charge on any atom is 0.258 e. The number of fused-ring (bicyclic) bond motifs is 1. The Labute approximate surface area is 148 Å². The molecular weight excluding hydrogens is 351 g/mol. The van der Waals surface area contributed by atoms with Crippen LogP contribution < -0.4 is 10.1 Å². The number of carbonyl (C=O) groups is 1. The van der Waals surface area contributed by atoms with Gasteiger partial charge in [-0.25, -0.2) is 0 Å². The maximum absolute atomic E-state index is 12.1. The average molecular weight is 365 g/mol. The summed E-state index contributed by atoms with van der Waals surface area (Å²) >= 11 is 11.9. The lowest BCUT2D eigenvalue weighted by Crippen LogP contribution is -2.32. The molecule has 0 aliphatic rings. The number of nitrogens with zero attached hydrogens (tertiary/aromatic N) is 3. The van der Waals surface area contributed by atoms with Crippen molar-refractivity contribution in [2.45, 2.75) is 13.0 Å². The summed E-state index contributed by atoms with van der Waals surface area (Å²) in [7, 11) is 0. The molecule has 2 aromatic heterocycles. The number of hydrogen-bond acceptors (Lipinski definition) is 4. The van der Waals surface area contributed by atoms with Gasteiger partial charge in [0.15, 0.2) is 18.1 Å². The molecule has 0 saturated heterocycles. The van der Waals surface area contributed by atoms with Crippen molar-refractivity contribution in [1.29, 1.82) is 0 Å². The van der Waals surface area contributed by atoms with E-state index in [9.17, 15) is 4.79 Å². The molecule has 0 radical (unpaired) electrons. The zero-order valence-electron chi connectivity index (χ0n) is 12.7. The molecule has 24 heavy (non-hydrogen) atoms. The van der Waals surface area contributed by atoms with E-state index in [1.807, 2.05) is 35.7 Å². The molecule has 6 nitrogen and oxygen atoms in total. The van der Waals surface area contributed by atoms with Crippen LogP contribution >= 0.6 is 23.2 Å². The standard InChI is InChI=1S/C16H14Cl2N4O2/c1-10(16-21-20-14-4-2-3-7-22(14)16)19-15(23)9-24-13-8-11(17)5-6-12(13)18/h2-8,10H,9H2,1H3,(H,19,23). The van der Waals surface area contributed by atoms with Crippen molar-refractivity contribution in [2.75, 3.05) is 6.61 Å². The highest BCUT2D eigenvalue weighted by Gasteiger charge is 2.16. The van der Waals surface area contributed by atoms with Crippen molar-refractivity contribution < 1.29 is 9.53 Å². The van der Waals surface area contributed by atoms with Gasteiger partial charge in [0, 0.05) is 17.3 Å². The van der Waals surface area contributed by atoms with Gasteiger partial charge in [0.25, 0.3) is 5.91 Å². The molecule has 2 heterocycles. The van der Waals surface area contributed by atoms with Gasteiger partial charge < -0.3 is 10.1 Å². The van der Waals surface area contributed by atoms with Gasteiger partial charge in [0.05, 0.1) is 11.1 Å². The first kappa shape index (κ1) is 16.5. The average Bonchev–Trinajstić information content (AvgIpc) is 3.00. The summed E-state index contributed by atoms with van der Waals surface area (Å²) in [5, 5.41) is 11.9. The van der Waals surface area contributed by atoms with Crippen molar-refractivity contribution in [1.82, 2.24) is 19.9 Å². The van der Waals surface area contributed by atoms with E-state index in [1.54, 1.807) is 18.2 Å². The van der Waals surface area contributed by atoms with Gasteiger partial charge in [-0.1, -0.05) is 29.3 Å². The molecule has 1 amide bonds. The van der Waals surface area contributed by atoms with Crippen LogP contribution in [0.3, 0.4) is 0 Å². The van der Waals surface area contributed by atoms with E-state index in [4.69, 9.17) is 27.9 Å². The highest BCUT2D eigenvalue weighted by Crippen LogP contribution is 2.27. The number of hydrogen-bond donors (Lipinski definition) is 1. The molecule has 1 atom stereocenters. The minimum absolute atomic E-state index is 0.179. The fraction of sp³-hybridized carbons (Fsp3) is 0.188. The summed E-state index contributed by atoms with van der Waals surface area (Å²) in [5.41, 5.74) is 0.718. The lowest BCUT2D eigenvalue weighted by Gasteiger charge is -2.13. The van der Waals surface area contributed by atoms with Gasteiger partial charge in [-0.05, 0) is 31.2 Å². The van der Waals surface area contributed by atoms with Crippen molar-refractivity contribution in [2.24, 2.45) is 0 Å². The van der Waals surface area contributed by atoms with E-state index in [0.29, 0.717) is 21.6 Å². The Balaban J connectivity index is 1.63. The second-order valence-corrected chi connectivity index (χ2v) is 5.98. The van der Waals surface area contributed by atoms with E-state index in [-0.39, 0.29) is 18.6 Å². The molecule has 124 valence electrons. The summed E-state index contributed by atoms with van der Waals surface area (Å²) in [6.07, 6.45) is 1.84. The van der Waals surface area contributed by atoms with Crippen LogP contribution in [0, 0.1) is 0 Å². The summed E-state index contributed by atoms with van der Waals surface area (Å²) < 4.78 is 7.23. The highest BCUT2D eigenvalue weighted by atomic mass is 35.5. The lowest BCUT2D eigenvalue weighted by molar-refractivity contribution is -0.123. The Hall–Kier alpha value is -2.31. The monoisotopic (exact) mass is 364 g/mol. The zero-order chi connectivity index (χ0) is 17.1. The molecule has 0 saturated carbocycles. The Morgan fingerprint density at radius 3 is 2.96 bits per heavy atom. The summed E-state index contributed by atoms with van der Waals surface area (Å²) in [5.74, 6) is 0.700. The predicted molar refractivity (Wildman–Crippen MR) is 91.5 cm³/mol. The smallest absolute Gasteiger partial charge is 0.258 e. The molecule has 1 aromatic carbocycles. The third-order valence-electron chi connectivity index (χ3n) is 3.36. The molecule has 0 fully saturated rings. The summed E-state index contributed by atoms with van der Waals surface area (Å²) in [4.78, 5) is 12.1. The molecule has 0 aliphatic carbocycles. The quantitative estimate of drug-likeness (QED) is 0.753. The molecule has 3 rings (SSSR count). The molecule has 0 spiro atoms. The van der Waals surface area contributed by atoms with Crippen molar-refractivity contribution in [3.05, 3.63) is 58.5 Å². The van der Waals surface area contributed by atoms with Crippen LogP contribution in [0.25, 0.3) is 5.65 Å². The number of amides is 1. The first-order chi connectivity index (χ1) is 11.5. The van der Waals surface area contributed by atoms with Gasteiger partial charge in [0.1, 0.15) is 5.75 Å². The minimum atomic E-state index is -0.326. The number of rotatable bonds is 5. The van der Waals surface area contributed by atoms with Gasteiger partial charge in [-0.3, -0.25) is 9.20 Å². The van der Waals surface area contributed by atoms with Gasteiger partial charge in [-0.2, -0.15) is 0 Å². The van der Waals surface area contributed by atoms with Gasteiger partial charge >= 0.3 is 0 Å². The molecule has 8 heteroatoms. The Bertz CT molecular complexity index is 881. The predicted octanol–water partition coefficient (Wildman–Crippen LogP) is 3.29. The number of aromatic nitrogens is 3. The fourth-order valence-corrected chi connectivity index (χ4v) is 2.57. The van der Waals surface area contributed by atoms with Crippen LogP contribution in [0.15, 0.2) is 42.6 Å². The van der Waals surface area contributed by atoms with Crippen LogP contribution in [0.5, 0.6) is 5.75 Å². The number of pyridine rings is 1. The number of carbonyl (C=O) groups excluding carboxylic acids is 1. The van der Waals surface area contributed by atoms with E-state index in [2.05, 4.69) is 15.5 Å². The molecular formula is C16H14Cl2N4O2. The molecule has 1 unspecified atom stereocenters. The maximum atomic E-state index is 12.1. The van der Waals surface area contributed by atoms with Crippen molar-refractivity contribution in [3.63, 3.8) is 0 Å². The van der Waals surface area contributed by atoms with Crippen LogP contribution in [-0.4, -0.2) is 27.1 Å². The number of nitrogens with one attached hydrogen (secondary N) is 1. The Morgan fingerprint density at radius 2 is 2.12 bits per heavy atom. The molecule has 0 aliphatic heterocycles. The largest absolute Gasteiger partial charge is 0.482 e. The molecule has 1 N–H and O–H groups in total. The second kappa shape index (κ2) is 7.07. The summed E-state index contributed by atoms with van der Waals surface area (Å²) in [6, 6.07) is 10.1. The number of halogens is 2. The van der Waals surface area contributed by atoms with Gasteiger partial charge in [-0.15, -0.1) is 10.2 Å². The Kier molecular flexibility index (Phi) is 4.87. The third kappa shape index (κ3) is 3.60. The lowest BCUT2D eigenvalue weighted by atomic mass is 10.3. The molecule has 0 bridgehead atoms. The van der Waals surface area contributed by atoms with E-state index >= 15 is 0 Å². The molecule has 3 aromatic rings. The first-order valence-electron chi connectivity index (χ1n) is 7.21. The van der Waals surface area contributed by atoms with Crippen molar-refractivity contribution in [3.8, 4) is 5.75 Å². The fourth-order valence-electron chi connectivity index (χ4n) is 2.23. The van der Waals surface area contributed by atoms with Crippen LogP contribution in [0.2, 0.25) is 10.0 Å². The number of benzene rings is 1.